The van der Waals surface area contributed by atoms with Gasteiger partial charge in [0.2, 0.25) is 0 Å². The molecule has 0 atom stereocenters. The number of carbonyl (C=O) groups excluding carboxylic acids is 1. The fourth-order valence-corrected chi connectivity index (χ4v) is 3.78. The van der Waals surface area contributed by atoms with Crippen molar-refractivity contribution in [2.24, 2.45) is 5.92 Å². The first-order valence-electron chi connectivity index (χ1n) is 9.66. The van der Waals surface area contributed by atoms with Gasteiger partial charge in [-0.3, -0.25) is 0 Å². The first kappa shape index (κ1) is 19.7. The van der Waals surface area contributed by atoms with Gasteiger partial charge in [-0.1, -0.05) is 60.7 Å². The van der Waals surface area contributed by atoms with Crippen molar-refractivity contribution in [1.29, 1.82) is 0 Å². The molecule has 27 heavy (non-hydrogen) atoms. The summed E-state index contributed by atoms with van der Waals surface area (Å²) in [5.74, 6) is 0.195. The Kier molecular flexibility index (Phi) is 6.73. The molecular weight excluding hydrogens is 360 g/mol. The molecule has 1 aliphatic rings. The van der Waals surface area contributed by atoms with Crippen molar-refractivity contribution in [3.8, 4) is 0 Å². The minimum Gasteiger partial charge on any atom is -0.462 e. The highest BCUT2D eigenvalue weighted by molar-refractivity contribution is 6.31. The van der Waals surface area contributed by atoms with Crippen molar-refractivity contribution in [2.75, 3.05) is 6.61 Å². The standard InChI is InChI=1S/C22H27ClN2O2/c1-16-8-10-18(11-9-16)14-25-22(23)20(17(2)24-25)12-13-21(26)27-15-19-6-4-3-5-7-19/h8-13,19H,3-7,14-15H2,1-2H3/b13-12+. The van der Waals surface area contributed by atoms with Crippen LogP contribution in [0.1, 0.15) is 54.5 Å². The molecule has 2 aromatic rings. The van der Waals surface area contributed by atoms with E-state index in [9.17, 15) is 4.79 Å². The topological polar surface area (TPSA) is 44.1 Å². The number of halogens is 1. The Labute approximate surface area is 166 Å². The van der Waals surface area contributed by atoms with E-state index in [0.29, 0.717) is 24.2 Å². The maximum atomic E-state index is 12.0. The number of aromatic nitrogens is 2. The van der Waals surface area contributed by atoms with Crippen molar-refractivity contribution in [1.82, 2.24) is 9.78 Å². The van der Waals surface area contributed by atoms with Crippen molar-refractivity contribution in [2.45, 2.75) is 52.5 Å². The van der Waals surface area contributed by atoms with Gasteiger partial charge in [-0.15, -0.1) is 0 Å². The Morgan fingerprint density at radius 3 is 2.63 bits per heavy atom. The predicted molar refractivity (Wildman–Crippen MR) is 109 cm³/mol. The van der Waals surface area contributed by atoms with E-state index in [1.54, 1.807) is 10.8 Å². The van der Waals surface area contributed by atoms with Gasteiger partial charge in [0.1, 0.15) is 5.15 Å². The van der Waals surface area contributed by atoms with Crippen LogP contribution in [0.25, 0.3) is 6.08 Å². The van der Waals surface area contributed by atoms with Crippen molar-refractivity contribution >= 4 is 23.6 Å². The number of hydrogen-bond donors (Lipinski definition) is 0. The molecule has 4 nitrogen and oxygen atoms in total. The second-order valence-corrected chi connectivity index (χ2v) is 7.76. The maximum Gasteiger partial charge on any atom is 0.330 e. The normalized spacial score (nSPS) is 15.4. The first-order chi connectivity index (χ1) is 13.0. The first-order valence-corrected chi connectivity index (χ1v) is 10.0. The van der Waals surface area contributed by atoms with Gasteiger partial charge in [-0.2, -0.15) is 5.10 Å². The van der Waals surface area contributed by atoms with Gasteiger partial charge in [-0.25, -0.2) is 9.48 Å². The molecule has 0 N–H and O–H groups in total. The monoisotopic (exact) mass is 386 g/mol. The third-order valence-corrected chi connectivity index (χ3v) is 5.53. The summed E-state index contributed by atoms with van der Waals surface area (Å²) in [7, 11) is 0. The summed E-state index contributed by atoms with van der Waals surface area (Å²) >= 11 is 6.49. The zero-order chi connectivity index (χ0) is 19.2. The fourth-order valence-electron chi connectivity index (χ4n) is 3.48. The molecule has 1 saturated carbocycles. The number of nitrogens with zero attached hydrogens (tertiary/aromatic N) is 2. The van der Waals surface area contributed by atoms with E-state index in [1.165, 1.54) is 30.9 Å². The highest BCUT2D eigenvalue weighted by atomic mass is 35.5. The average Bonchev–Trinajstić information content (AvgIpc) is 2.94. The van der Waals surface area contributed by atoms with Crippen molar-refractivity contribution < 1.29 is 9.53 Å². The Morgan fingerprint density at radius 2 is 1.93 bits per heavy atom. The molecule has 0 radical (unpaired) electrons. The molecule has 144 valence electrons. The summed E-state index contributed by atoms with van der Waals surface area (Å²) in [6, 6.07) is 8.28. The predicted octanol–water partition coefficient (Wildman–Crippen LogP) is 5.34. The molecule has 3 rings (SSSR count). The molecule has 0 bridgehead atoms. The van der Waals surface area contributed by atoms with Crippen molar-refractivity contribution in [3.05, 3.63) is 57.9 Å². The lowest BCUT2D eigenvalue weighted by Gasteiger charge is -2.20. The van der Waals surface area contributed by atoms with Gasteiger partial charge in [0.05, 0.1) is 18.8 Å². The lowest BCUT2D eigenvalue weighted by molar-refractivity contribution is -0.139. The molecule has 0 aliphatic heterocycles. The van der Waals surface area contributed by atoms with Crippen LogP contribution in [0, 0.1) is 19.8 Å². The molecule has 0 spiro atoms. The van der Waals surface area contributed by atoms with E-state index in [0.717, 1.165) is 29.7 Å². The molecule has 1 aromatic heterocycles. The van der Waals surface area contributed by atoms with Gasteiger partial charge in [-0.05, 0) is 44.2 Å². The van der Waals surface area contributed by atoms with Crippen LogP contribution in [-0.4, -0.2) is 22.4 Å². The highest BCUT2D eigenvalue weighted by Crippen LogP contribution is 2.24. The van der Waals surface area contributed by atoms with E-state index in [-0.39, 0.29) is 5.97 Å². The number of esters is 1. The van der Waals surface area contributed by atoms with E-state index >= 15 is 0 Å². The van der Waals surface area contributed by atoms with Crippen LogP contribution in [0.3, 0.4) is 0 Å². The minimum absolute atomic E-state index is 0.317. The SMILES string of the molecule is Cc1ccc(Cn2nc(C)c(/C=C/C(=O)OCC3CCCCC3)c2Cl)cc1. The Hall–Kier alpha value is -2.07. The van der Waals surface area contributed by atoms with Gasteiger partial charge < -0.3 is 4.74 Å². The fraction of sp³-hybridized carbons (Fsp3) is 0.455. The van der Waals surface area contributed by atoms with Crippen LogP contribution >= 0.6 is 11.6 Å². The molecule has 1 fully saturated rings. The lowest BCUT2D eigenvalue weighted by Crippen LogP contribution is -2.15. The molecule has 1 aliphatic carbocycles. The highest BCUT2D eigenvalue weighted by Gasteiger charge is 2.15. The number of rotatable bonds is 6. The zero-order valence-corrected chi connectivity index (χ0v) is 16.8. The van der Waals surface area contributed by atoms with Crippen LogP contribution in [0.4, 0.5) is 0 Å². The number of carbonyl (C=O) groups is 1. The molecule has 1 heterocycles. The quantitative estimate of drug-likeness (QED) is 0.497. The number of hydrogen-bond acceptors (Lipinski definition) is 3. The largest absolute Gasteiger partial charge is 0.462 e. The summed E-state index contributed by atoms with van der Waals surface area (Å²) in [5, 5.41) is 5.04. The summed E-state index contributed by atoms with van der Waals surface area (Å²) in [6.45, 7) is 5.07. The number of aryl methyl sites for hydroxylation is 2. The Morgan fingerprint density at radius 1 is 1.22 bits per heavy atom. The van der Waals surface area contributed by atoms with Gasteiger partial charge in [0, 0.05) is 11.6 Å². The van der Waals surface area contributed by atoms with Crippen LogP contribution in [0.2, 0.25) is 5.15 Å². The van der Waals surface area contributed by atoms with E-state index in [2.05, 4.69) is 36.3 Å². The molecule has 1 aromatic carbocycles. The van der Waals surface area contributed by atoms with E-state index < -0.39 is 0 Å². The molecular formula is C22H27ClN2O2. The lowest BCUT2D eigenvalue weighted by atomic mass is 9.90. The number of ether oxygens (including phenoxy) is 1. The van der Waals surface area contributed by atoms with Gasteiger partial charge in [0.15, 0.2) is 0 Å². The van der Waals surface area contributed by atoms with Crippen LogP contribution in [0.15, 0.2) is 30.3 Å². The Balaban J connectivity index is 1.60. The second-order valence-electron chi connectivity index (χ2n) is 7.40. The second kappa shape index (κ2) is 9.23. The molecule has 0 unspecified atom stereocenters. The molecule has 0 saturated heterocycles. The van der Waals surface area contributed by atoms with E-state index in [1.807, 2.05) is 6.92 Å². The van der Waals surface area contributed by atoms with Crippen LogP contribution < -0.4 is 0 Å². The third kappa shape index (κ3) is 5.46. The summed E-state index contributed by atoms with van der Waals surface area (Å²) < 4.78 is 7.16. The van der Waals surface area contributed by atoms with E-state index in [4.69, 9.17) is 16.3 Å². The average molecular weight is 387 g/mol. The maximum absolute atomic E-state index is 12.0. The van der Waals surface area contributed by atoms with Gasteiger partial charge >= 0.3 is 5.97 Å². The minimum atomic E-state index is -0.317. The smallest absolute Gasteiger partial charge is 0.330 e. The van der Waals surface area contributed by atoms with Crippen molar-refractivity contribution in [3.63, 3.8) is 0 Å². The zero-order valence-electron chi connectivity index (χ0n) is 16.1. The summed E-state index contributed by atoms with van der Waals surface area (Å²) in [5.41, 5.74) is 3.91. The Bertz CT molecular complexity index is 802. The third-order valence-electron chi connectivity index (χ3n) is 5.13. The summed E-state index contributed by atoms with van der Waals surface area (Å²) in [6.07, 6.45) is 9.27. The molecule has 0 amide bonds. The summed E-state index contributed by atoms with van der Waals surface area (Å²) in [4.78, 5) is 12.0. The number of benzene rings is 1. The van der Waals surface area contributed by atoms with Crippen LogP contribution in [0.5, 0.6) is 0 Å². The molecule has 5 heteroatoms. The van der Waals surface area contributed by atoms with Gasteiger partial charge in [0.25, 0.3) is 0 Å². The van der Waals surface area contributed by atoms with Crippen LogP contribution in [-0.2, 0) is 16.1 Å².